The minimum Gasteiger partial charge on any atom is -0.481 e. The molecule has 6 heteroatoms. The number of hydrogen-bond acceptors (Lipinski definition) is 2. The van der Waals surface area contributed by atoms with Crippen molar-refractivity contribution in [2.45, 2.75) is 38.6 Å². The van der Waals surface area contributed by atoms with Gasteiger partial charge in [-0.05, 0) is 38.3 Å². The Morgan fingerprint density at radius 3 is 2.64 bits per heavy atom. The van der Waals surface area contributed by atoms with Gasteiger partial charge in [0.2, 0.25) is 0 Å². The third-order valence-corrected chi connectivity index (χ3v) is 4.61. The highest BCUT2D eigenvalue weighted by molar-refractivity contribution is 6.38. The van der Waals surface area contributed by atoms with Crippen molar-refractivity contribution in [3.05, 3.63) is 43.7 Å². The van der Waals surface area contributed by atoms with E-state index in [9.17, 15) is 9.59 Å². The Labute approximate surface area is 137 Å². The Kier molecular flexibility index (Phi) is 3.91. The summed E-state index contributed by atoms with van der Waals surface area (Å²) >= 11 is 12.3. The van der Waals surface area contributed by atoms with Crippen LogP contribution in [0.2, 0.25) is 10.0 Å². The number of rotatable bonds is 4. The number of aliphatic carboxylic acids is 1. The van der Waals surface area contributed by atoms with Crippen LogP contribution >= 0.6 is 23.2 Å². The lowest BCUT2D eigenvalue weighted by atomic mass is 10.0. The molecule has 1 aromatic heterocycles. The first-order valence-corrected chi connectivity index (χ1v) is 7.90. The van der Waals surface area contributed by atoms with Crippen LogP contribution < -0.4 is 5.43 Å². The molecule has 0 spiro atoms. The summed E-state index contributed by atoms with van der Waals surface area (Å²) in [4.78, 5) is 23.6. The Morgan fingerprint density at radius 1 is 1.36 bits per heavy atom. The van der Waals surface area contributed by atoms with E-state index in [-0.39, 0.29) is 18.3 Å². The molecule has 1 aliphatic rings. The zero-order chi connectivity index (χ0) is 16.0. The summed E-state index contributed by atoms with van der Waals surface area (Å²) in [7, 11) is 0. The van der Waals surface area contributed by atoms with Crippen LogP contribution in [0, 0.1) is 6.92 Å². The third kappa shape index (κ3) is 2.61. The zero-order valence-electron chi connectivity index (χ0n) is 12.0. The van der Waals surface area contributed by atoms with Gasteiger partial charge in [0.05, 0.1) is 15.9 Å². The highest BCUT2D eigenvalue weighted by atomic mass is 35.5. The van der Waals surface area contributed by atoms with Gasteiger partial charge in [0, 0.05) is 28.7 Å². The molecule has 0 atom stereocenters. The van der Waals surface area contributed by atoms with Crippen molar-refractivity contribution in [1.29, 1.82) is 0 Å². The van der Waals surface area contributed by atoms with E-state index < -0.39 is 5.97 Å². The number of carboxylic acids is 1. The van der Waals surface area contributed by atoms with E-state index in [0.717, 1.165) is 24.1 Å². The summed E-state index contributed by atoms with van der Waals surface area (Å²) in [6.07, 6.45) is 2.22. The van der Waals surface area contributed by atoms with Crippen LogP contribution in [0.1, 0.15) is 36.6 Å². The summed E-state index contributed by atoms with van der Waals surface area (Å²) in [6, 6.07) is 3.65. The molecule has 1 saturated carbocycles. The van der Waals surface area contributed by atoms with Crippen molar-refractivity contribution in [2.75, 3.05) is 0 Å². The first-order valence-electron chi connectivity index (χ1n) is 7.14. The molecule has 1 aromatic carbocycles. The average Bonchev–Trinajstić information content (AvgIpc) is 3.21. The molecule has 0 bridgehead atoms. The Balaban J connectivity index is 2.33. The number of aromatic nitrogens is 1. The zero-order valence-corrected chi connectivity index (χ0v) is 13.5. The Hall–Kier alpha value is -1.52. The molecule has 4 nitrogen and oxygen atoms in total. The van der Waals surface area contributed by atoms with Gasteiger partial charge in [-0.15, -0.1) is 0 Å². The van der Waals surface area contributed by atoms with Crippen LogP contribution in [0.3, 0.4) is 0 Å². The van der Waals surface area contributed by atoms with Gasteiger partial charge in [-0.3, -0.25) is 9.59 Å². The molecule has 1 aliphatic carbocycles. The SMILES string of the molecule is Cc1c(CCC(=O)O)c(=O)c2c(Cl)cc(Cl)cc2n1C1CC1. The van der Waals surface area contributed by atoms with E-state index in [1.54, 1.807) is 12.1 Å². The molecule has 0 radical (unpaired) electrons. The van der Waals surface area contributed by atoms with E-state index in [4.69, 9.17) is 28.3 Å². The maximum Gasteiger partial charge on any atom is 0.303 e. The second kappa shape index (κ2) is 5.60. The predicted octanol–water partition coefficient (Wildman–Crippen LogP) is 3.97. The third-order valence-electron chi connectivity index (χ3n) is 4.09. The lowest BCUT2D eigenvalue weighted by molar-refractivity contribution is -0.136. The van der Waals surface area contributed by atoms with Gasteiger partial charge in [0.1, 0.15) is 0 Å². The fourth-order valence-electron chi connectivity index (χ4n) is 2.95. The molecular formula is C16H15Cl2NO3. The maximum absolute atomic E-state index is 12.8. The molecule has 1 N–H and O–H groups in total. The van der Waals surface area contributed by atoms with Gasteiger partial charge in [-0.2, -0.15) is 0 Å². The van der Waals surface area contributed by atoms with Crippen molar-refractivity contribution < 1.29 is 9.90 Å². The van der Waals surface area contributed by atoms with Gasteiger partial charge in [-0.1, -0.05) is 23.2 Å². The fraction of sp³-hybridized carbons (Fsp3) is 0.375. The lowest BCUT2D eigenvalue weighted by Crippen LogP contribution is -2.20. The molecule has 1 fully saturated rings. The van der Waals surface area contributed by atoms with Crippen molar-refractivity contribution in [3.8, 4) is 0 Å². The van der Waals surface area contributed by atoms with Crippen LogP contribution in [0.15, 0.2) is 16.9 Å². The van der Waals surface area contributed by atoms with Crippen molar-refractivity contribution in [3.63, 3.8) is 0 Å². The van der Waals surface area contributed by atoms with Gasteiger partial charge >= 0.3 is 5.97 Å². The van der Waals surface area contributed by atoms with Crippen LogP contribution in [0.4, 0.5) is 0 Å². The second-order valence-electron chi connectivity index (χ2n) is 5.67. The van der Waals surface area contributed by atoms with Crippen molar-refractivity contribution >= 4 is 40.1 Å². The van der Waals surface area contributed by atoms with Gasteiger partial charge in [0.25, 0.3) is 0 Å². The molecule has 0 amide bonds. The smallest absolute Gasteiger partial charge is 0.303 e. The van der Waals surface area contributed by atoms with Crippen LogP contribution in [0.5, 0.6) is 0 Å². The number of halogens is 2. The van der Waals surface area contributed by atoms with E-state index in [2.05, 4.69) is 4.57 Å². The molecule has 0 unspecified atom stereocenters. The topological polar surface area (TPSA) is 59.3 Å². The molecule has 116 valence electrons. The number of benzene rings is 1. The molecule has 3 rings (SSSR count). The molecular weight excluding hydrogens is 325 g/mol. The van der Waals surface area contributed by atoms with E-state index in [0.29, 0.717) is 27.0 Å². The predicted molar refractivity (Wildman–Crippen MR) is 87.2 cm³/mol. The molecule has 22 heavy (non-hydrogen) atoms. The lowest BCUT2D eigenvalue weighted by Gasteiger charge is -2.18. The number of carbonyl (C=O) groups is 1. The minimum atomic E-state index is -0.918. The number of carboxylic acid groups (broad SMARTS) is 1. The highest BCUT2D eigenvalue weighted by Gasteiger charge is 2.28. The molecule has 0 aliphatic heterocycles. The largest absolute Gasteiger partial charge is 0.481 e. The summed E-state index contributed by atoms with van der Waals surface area (Å²) in [5, 5.41) is 10.1. The first kappa shape index (κ1) is 15.4. The highest BCUT2D eigenvalue weighted by Crippen LogP contribution is 2.40. The monoisotopic (exact) mass is 339 g/mol. The normalized spacial score (nSPS) is 14.5. The van der Waals surface area contributed by atoms with Crippen molar-refractivity contribution in [2.24, 2.45) is 0 Å². The van der Waals surface area contributed by atoms with E-state index in [1.165, 1.54) is 0 Å². The second-order valence-corrected chi connectivity index (χ2v) is 6.51. The number of hydrogen-bond donors (Lipinski definition) is 1. The fourth-order valence-corrected chi connectivity index (χ4v) is 3.51. The van der Waals surface area contributed by atoms with Crippen LogP contribution in [-0.2, 0) is 11.2 Å². The molecule has 2 aromatic rings. The maximum atomic E-state index is 12.8. The number of nitrogens with zero attached hydrogens (tertiary/aromatic N) is 1. The van der Waals surface area contributed by atoms with E-state index in [1.807, 2.05) is 6.92 Å². The Morgan fingerprint density at radius 2 is 2.05 bits per heavy atom. The van der Waals surface area contributed by atoms with Crippen molar-refractivity contribution in [1.82, 2.24) is 4.57 Å². The summed E-state index contributed by atoms with van der Waals surface area (Å²) in [5.41, 5.74) is 1.90. The average molecular weight is 340 g/mol. The van der Waals surface area contributed by atoms with Crippen LogP contribution in [-0.4, -0.2) is 15.6 Å². The minimum absolute atomic E-state index is 0.0720. The molecule has 0 saturated heterocycles. The van der Waals surface area contributed by atoms with Gasteiger partial charge in [0.15, 0.2) is 5.43 Å². The molecule has 1 heterocycles. The van der Waals surface area contributed by atoms with E-state index >= 15 is 0 Å². The first-order chi connectivity index (χ1) is 10.4. The van der Waals surface area contributed by atoms with Crippen LogP contribution in [0.25, 0.3) is 10.9 Å². The summed E-state index contributed by atoms with van der Waals surface area (Å²) < 4.78 is 2.09. The Bertz CT molecular complexity index is 838. The summed E-state index contributed by atoms with van der Waals surface area (Å²) in [6.45, 7) is 1.87. The van der Waals surface area contributed by atoms with Gasteiger partial charge in [-0.25, -0.2) is 0 Å². The van der Waals surface area contributed by atoms with Gasteiger partial charge < -0.3 is 9.67 Å². The standard InChI is InChI=1S/C16H15Cl2NO3/c1-8-11(4-5-14(20)21)16(22)15-12(18)6-9(17)7-13(15)19(8)10-2-3-10/h6-7,10H,2-5H2,1H3,(H,20,21). The summed E-state index contributed by atoms with van der Waals surface area (Å²) in [5.74, 6) is -0.918. The quantitative estimate of drug-likeness (QED) is 0.916. The number of pyridine rings is 1. The number of fused-ring (bicyclic) bond motifs is 1.